The first-order chi connectivity index (χ1) is 19.0. The van der Waals surface area contributed by atoms with Crippen LogP contribution in [0.4, 0.5) is 5.69 Å². The van der Waals surface area contributed by atoms with Crippen molar-refractivity contribution in [1.29, 1.82) is 0 Å². The molecule has 0 unspecified atom stereocenters. The molecule has 1 amide bonds. The minimum absolute atomic E-state index is 0.0828. The Balaban J connectivity index is 1.42. The molecule has 196 valence electrons. The van der Waals surface area contributed by atoms with Gasteiger partial charge in [0, 0.05) is 4.47 Å². The van der Waals surface area contributed by atoms with Gasteiger partial charge in [0.25, 0.3) is 5.91 Å². The summed E-state index contributed by atoms with van der Waals surface area (Å²) >= 11 is 4.83. The van der Waals surface area contributed by atoms with Crippen LogP contribution in [0.25, 0.3) is 6.08 Å². The highest BCUT2D eigenvalue weighted by atomic mass is 79.9. The number of aliphatic imine (C=N–C) groups is 1. The lowest BCUT2D eigenvalue weighted by Crippen LogP contribution is -2.32. The zero-order valence-electron chi connectivity index (χ0n) is 21.6. The number of ether oxygens (including phenoxy) is 2. The van der Waals surface area contributed by atoms with Crippen molar-refractivity contribution in [3.63, 3.8) is 0 Å². The molecule has 0 aromatic heterocycles. The second kappa shape index (κ2) is 12.4. The number of carbonyl (C=O) groups excluding carboxylic acids is 1. The molecule has 5 rings (SSSR count). The molecule has 0 aliphatic carbocycles. The number of rotatable bonds is 8. The van der Waals surface area contributed by atoms with Gasteiger partial charge in [-0.15, -0.1) is 0 Å². The molecular weight excluding hydrogens is 572 g/mol. The van der Waals surface area contributed by atoms with Crippen LogP contribution >= 0.6 is 27.7 Å². The molecule has 0 radical (unpaired) electrons. The van der Waals surface area contributed by atoms with Crippen molar-refractivity contribution in [3.8, 4) is 11.5 Å². The third-order valence-corrected chi connectivity index (χ3v) is 7.79. The van der Waals surface area contributed by atoms with Crippen molar-refractivity contribution in [2.75, 3.05) is 7.11 Å². The van der Waals surface area contributed by atoms with E-state index in [4.69, 9.17) is 14.5 Å². The molecule has 1 fully saturated rings. The number of nitrogens with zero attached hydrogens (tertiary/aromatic N) is 2. The van der Waals surface area contributed by atoms with Crippen LogP contribution < -0.4 is 9.47 Å². The monoisotopic (exact) mass is 598 g/mol. The molecule has 4 aromatic rings. The number of thioether (sulfide) groups is 1. The highest BCUT2D eigenvalue weighted by molar-refractivity contribution is 9.10. The Labute approximate surface area is 241 Å². The van der Waals surface area contributed by atoms with E-state index in [9.17, 15) is 4.79 Å². The Bertz CT molecular complexity index is 1510. The Hall–Kier alpha value is -3.81. The van der Waals surface area contributed by atoms with Crippen LogP contribution in [0.15, 0.2) is 117 Å². The maximum atomic E-state index is 13.7. The van der Waals surface area contributed by atoms with Crippen molar-refractivity contribution >= 4 is 50.5 Å². The van der Waals surface area contributed by atoms with Crippen LogP contribution in [0.5, 0.6) is 11.5 Å². The summed E-state index contributed by atoms with van der Waals surface area (Å²) < 4.78 is 12.7. The number of amidine groups is 1. The summed E-state index contributed by atoms with van der Waals surface area (Å²) in [6.07, 6.45) is 1.88. The fraction of sp³-hybridized carbons (Fsp3) is 0.125. The van der Waals surface area contributed by atoms with Gasteiger partial charge in [0.2, 0.25) is 0 Å². The first-order valence-corrected chi connectivity index (χ1v) is 14.1. The van der Waals surface area contributed by atoms with Crippen LogP contribution in [0.2, 0.25) is 0 Å². The molecule has 5 nitrogen and oxygen atoms in total. The molecule has 4 aromatic carbocycles. The first kappa shape index (κ1) is 26.8. The average Bonchev–Trinajstić information content (AvgIpc) is 3.27. The minimum Gasteiger partial charge on any atom is -0.493 e. The van der Waals surface area contributed by atoms with Gasteiger partial charge in [0.1, 0.15) is 6.61 Å². The number of benzene rings is 4. The third kappa shape index (κ3) is 6.44. The molecule has 1 heterocycles. The second-order valence-corrected chi connectivity index (χ2v) is 10.9. The van der Waals surface area contributed by atoms with E-state index in [1.165, 1.54) is 11.8 Å². The average molecular weight is 600 g/mol. The van der Waals surface area contributed by atoms with E-state index in [2.05, 4.69) is 15.9 Å². The third-order valence-electron chi connectivity index (χ3n) is 6.28. The summed E-state index contributed by atoms with van der Waals surface area (Å²) in [4.78, 5) is 20.9. The smallest absolute Gasteiger partial charge is 0.267 e. The lowest BCUT2D eigenvalue weighted by atomic mass is 10.1. The molecule has 1 atom stereocenters. The SMILES string of the molecule is COc1cc(/C=C2/SC(=Nc3ccccc3)N([C@@H](C)c3ccccc3)C2=O)ccc1OCc1ccc(Br)cc1. The largest absolute Gasteiger partial charge is 0.493 e. The Kier molecular flexibility index (Phi) is 8.49. The maximum absolute atomic E-state index is 13.7. The van der Waals surface area contributed by atoms with Crippen LogP contribution in [-0.2, 0) is 11.4 Å². The van der Waals surface area contributed by atoms with Gasteiger partial charge in [-0.05, 0) is 77.9 Å². The molecule has 1 aliphatic heterocycles. The summed E-state index contributed by atoms with van der Waals surface area (Å²) in [6.45, 7) is 2.45. The van der Waals surface area contributed by atoms with E-state index in [0.29, 0.717) is 28.2 Å². The summed E-state index contributed by atoms with van der Waals surface area (Å²) in [7, 11) is 1.61. The van der Waals surface area contributed by atoms with E-state index in [1.54, 1.807) is 12.0 Å². The van der Waals surface area contributed by atoms with Gasteiger partial charge in [-0.25, -0.2) is 4.99 Å². The summed E-state index contributed by atoms with van der Waals surface area (Å²) in [5.74, 6) is 1.16. The van der Waals surface area contributed by atoms with Crippen molar-refractivity contribution in [1.82, 2.24) is 4.90 Å². The van der Waals surface area contributed by atoms with Crippen molar-refractivity contribution in [2.24, 2.45) is 4.99 Å². The molecular formula is C32H27BrN2O3S. The summed E-state index contributed by atoms with van der Waals surface area (Å²) in [5, 5.41) is 0.648. The van der Waals surface area contributed by atoms with Crippen molar-refractivity contribution < 1.29 is 14.3 Å². The van der Waals surface area contributed by atoms with Crippen LogP contribution in [0.1, 0.15) is 29.7 Å². The van der Waals surface area contributed by atoms with Gasteiger partial charge < -0.3 is 9.47 Å². The zero-order valence-corrected chi connectivity index (χ0v) is 24.0. The Morgan fingerprint density at radius 2 is 1.62 bits per heavy atom. The van der Waals surface area contributed by atoms with E-state index in [1.807, 2.05) is 116 Å². The molecule has 0 bridgehead atoms. The Morgan fingerprint density at radius 1 is 0.923 bits per heavy atom. The molecule has 1 aliphatic rings. The van der Waals surface area contributed by atoms with Crippen LogP contribution in [0, 0.1) is 0 Å². The highest BCUT2D eigenvalue weighted by Gasteiger charge is 2.37. The number of para-hydroxylation sites is 1. The van der Waals surface area contributed by atoms with Crippen LogP contribution in [0.3, 0.4) is 0 Å². The van der Waals surface area contributed by atoms with E-state index in [-0.39, 0.29) is 11.9 Å². The van der Waals surface area contributed by atoms with E-state index in [0.717, 1.165) is 26.9 Å². The number of hydrogen-bond donors (Lipinski definition) is 0. The van der Waals surface area contributed by atoms with Gasteiger partial charge >= 0.3 is 0 Å². The van der Waals surface area contributed by atoms with E-state index < -0.39 is 0 Å². The quantitative estimate of drug-likeness (QED) is 0.191. The fourth-order valence-electron chi connectivity index (χ4n) is 4.19. The molecule has 0 N–H and O–H groups in total. The molecule has 0 spiro atoms. The second-order valence-electron chi connectivity index (χ2n) is 8.93. The predicted molar refractivity (Wildman–Crippen MR) is 162 cm³/mol. The number of halogens is 1. The molecule has 7 heteroatoms. The summed E-state index contributed by atoms with van der Waals surface area (Å²) in [6, 6.07) is 33.2. The first-order valence-electron chi connectivity index (χ1n) is 12.5. The lowest BCUT2D eigenvalue weighted by Gasteiger charge is -2.24. The minimum atomic E-state index is -0.177. The van der Waals surface area contributed by atoms with Gasteiger partial charge in [0.05, 0.1) is 23.7 Å². The highest BCUT2D eigenvalue weighted by Crippen LogP contribution is 2.40. The van der Waals surface area contributed by atoms with Crippen LogP contribution in [-0.4, -0.2) is 23.1 Å². The molecule has 39 heavy (non-hydrogen) atoms. The number of amides is 1. The normalized spacial score (nSPS) is 16.1. The predicted octanol–water partition coefficient (Wildman–Crippen LogP) is 8.40. The maximum Gasteiger partial charge on any atom is 0.267 e. The van der Waals surface area contributed by atoms with Gasteiger partial charge in [-0.1, -0.05) is 82.7 Å². The Morgan fingerprint density at radius 3 is 2.31 bits per heavy atom. The zero-order chi connectivity index (χ0) is 27.2. The lowest BCUT2D eigenvalue weighted by molar-refractivity contribution is -0.123. The van der Waals surface area contributed by atoms with E-state index >= 15 is 0 Å². The van der Waals surface area contributed by atoms with Gasteiger partial charge in [-0.3, -0.25) is 9.69 Å². The van der Waals surface area contributed by atoms with Crippen molar-refractivity contribution in [3.05, 3.63) is 129 Å². The van der Waals surface area contributed by atoms with Crippen molar-refractivity contribution in [2.45, 2.75) is 19.6 Å². The topological polar surface area (TPSA) is 51.1 Å². The number of hydrogen-bond acceptors (Lipinski definition) is 5. The molecule has 0 saturated carbocycles. The number of carbonyl (C=O) groups is 1. The standard InChI is InChI=1S/C32H27BrN2O3S/c1-22(25-9-5-3-6-10-25)35-31(36)30(39-32(35)34-27-11-7-4-8-12-27)20-24-15-18-28(29(19-24)37-2)38-21-23-13-16-26(33)17-14-23/h3-20,22H,21H2,1-2H3/b30-20+,34-32?/t22-/m0/s1. The van der Waals surface area contributed by atoms with Gasteiger partial charge in [-0.2, -0.15) is 0 Å². The number of methoxy groups -OCH3 is 1. The van der Waals surface area contributed by atoms with Gasteiger partial charge in [0.15, 0.2) is 16.7 Å². The molecule has 1 saturated heterocycles. The fourth-order valence-corrected chi connectivity index (χ4v) is 5.52. The summed E-state index contributed by atoms with van der Waals surface area (Å²) in [5.41, 5.74) is 3.74.